The topological polar surface area (TPSA) is 34.1 Å². The summed E-state index contributed by atoms with van der Waals surface area (Å²) in [5.41, 5.74) is 0.664. The Bertz CT molecular complexity index is 323. The summed E-state index contributed by atoms with van der Waals surface area (Å²) >= 11 is 0. The molecule has 19 heavy (non-hydrogen) atoms. The van der Waals surface area contributed by atoms with E-state index >= 15 is 0 Å². The molecule has 1 aromatic rings. The van der Waals surface area contributed by atoms with E-state index in [1.165, 1.54) is 25.7 Å². The maximum Gasteiger partial charge on any atom is 2.00 e. The fraction of sp³-hybridized carbons (Fsp3) is 0.438. The van der Waals surface area contributed by atoms with Gasteiger partial charge in [0.05, 0.1) is 0 Å². The summed E-state index contributed by atoms with van der Waals surface area (Å²) < 4.78 is 0. The maximum absolute atomic E-state index is 10.5. The van der Waals surface area contributed by atoms with Crippen LogP contribution < -0.4 is 0 Å². The molecule has 0 spiro atoms. The Morgan fingerprint density at radius 1 is 1.11 bits per heavy atom. The van der Waals surface area contributed by atoms with Crippen LogP contribution in [-0.4, -0.2) is 12.1 Å². The second-order valence-electron chi connectivity index (χ2n) is 4.10. The second-order valence-corrected chi connectivity index (χ2v) is 4.10. The number of Topliss-reactive ketones (excluding diaryl/α,β-unsaturated/α-hetero) is 1. The van der Waals surface area contributed by atoms with Gasteiger partial charge >= 0.3 is 19.5 Å². The number of hydrogen-bond donors (Lipinski definition) is 0. The smallest absolute Gasteiger partial charge is 0.542 e. The molecule has 2 nitrogen and oxygen atoms in total. The van der Waals surface area contributed by atoms with Crippen molar-refractivity contribution in [3.8, 4) is 0 Å². The standard InChI is InChI=1S/C8H7O.C8H15O.Zn/c1-7(9)8-5-3-2-4-6-8;1-2-3-4-5-6-7-8-9;/h2-6H,1H2;2-7H2,1H3;/q2*-1;+2. The quantitative estimate of drug-likeness (QED) is 0.328. The van der Waals surface area contributed by atoms with Crippen molar-refractivity contribution in [2.24, 2.45) is 0 Å². The Balaban J connectivity index is 0. The van der Waals surface area contributed by atoms with Gasteiger partial charge in [-0.2, -0.15) is 13.3 Å². The molecule has 100 valence electrons. The van der Waals surface area contributed by atoms with Crippen LogP contribution in [0, 0.1) is 6.92 Å². The molecule has 1 rings (SSSR count). The second kappa shape index (κ2) is 15.1. The molecule has 0 N–H and O–H groups in total. The largest absolute Gasteiger partial charge is 2.00 e. The molecule has 0 unspecified atom stereocenters. The molecule has 0 fully saturated rings. The maximum atomic E-state index is 10.5. The third-order valence-electron chi connectivity index (χ3n) is 2.48. The number of hydrogen-bond acceptors (Lipinski definition) is 2. The first kappa shape index (κ1) is 20.4. The molecule has 0 bridgehead atoms. The predicted octanol–water partition coefficient (Wildman–Crippen LogP) is 4.16. The predicted molar refractivity (Wildman–Crippen MR) is 75.2 cm³/mol. The van der Waals surface area contributed by atoms with Crippen LogP contribution in [0.3, 0.4) is 0 Å². The summed E-state index contributed by atoms with van der Waals surface area (Å²) in [6.45, 7) is 5.46. The zero-order valence-corrected chi connectivity index (χ0v) is 14.8. The molecule has 0 aliphatic carbocycles. The van der Waals surface area contributed by atoms with E-state index in [0.29, 0.717) is 12.0 Å². The molecule has 3 heteroatoms. The Morgan fingerprint density at radius 2 is 1.68 bits per heavy atom. The van der Waals surface area contributed by atoms with Crippen LogP contribution in [0.2, 0.25) is 0 Å². The van der Waals surface area contributed by atoms with Crippen LogP contribution in [0.25, 0.3) is 0 Å². The third kappa shape index (κ3) is 13.3. The molecular weight excluding hydrogens is 290 g/mol. The molecule has 0 atom stereocenters. The zero-order chi connectivity index (χ0) is 13.6. The van der Waals surface area contributed by atoms with Crippen LogP contribution in [0.5, 0.6) is 0 Å². The van der Waals surface area contributed by atoms with Gasteiger partial charge in [-0.25, -0.2) is 0 Å². The molecule has 0 aliphatic heterocycles. The summed E-state index contributed by atoms with van der Waals surface area (Å²) in [4.78, 5) is 20.2. The van der Waals surface area contributed by atoms with Gasteiger partial charge in [-0.15, -0.1) is 17.7 Å². The van der Waals surface area contributed by atoms with Gasteiger partial charge in [0.1, 0.15) is 0 Å². The van der Waals surface area contributed by atoms with E-state index in [2.05, 4.69) is 13.8 Å². The van der Waals surface area contributed by atoms with Crippen LogP contribution in [0.4, 0.5) is 0 Å². The van der Waals surface area contributed by atoms with Crippen molar-refractivity contribution in [3.63, 3.8) is 0 Å². The van der Waals surface area contributed by atoms with E-state index < -0.39 is 0 Å². The van der Waals surface area contributed by atoms with Gasteiger partial charge in [-0.3, -0.25) is 6.29 Å². The summed E-state index contributed by atoms with van der Waals surface area (Å²) in [5, 5.41) is 0. The van der Waals surface area contributed by atoms with Crippen molar-refractivity contribution < 1.29 is 29.1 Å². The van der Waals surface area contributed by atoms with Gasteiger partial charge in [-0.05, 0) is 0 Å². The molecular formula is C16H22O2Zn. The number of carbonyl (C=O) groups excluding carboxylic acids is 2. The molecule has 0 aromatic heterocycles. The van der Waals surface area contributed by atoms with Crippen molar-refractivity contribution >= 4 is 12.1 Å². The minimum atomic E-state index is -0.129. The fourth-order valence-corrected chi connectivity index (χ4v) is 1.42. The van der Waals surface area contributed by atoms with Crippen LogP contribution >= 0.6 is 0 Å². The van der Waals surface area contributed by atoms with Gasteiger partial charge < -0.3 is 9.59 Å². The molecule has 1 aromatic carbocycles. The molecule has 0 heterocycles. The van der Waals surface area contributed by atoms with E-state index in [1.807, 2.05) is 24.5 Å². The molecule has 0 saturated carbocycles. The summed E-state index contributed by atoms with van der Waals surface area (Å²) in [5.74, 6) is -0.129. The fourth-order valence-electron chi connectivity index (χ4n) is 1.42. The number of carbonyl (C=O) groups is 1. The Morgan fingerprint density at radius 3 is 2.11 bits per heavy atom. The monoisotopic (exact) mass is 310 g/mol. The summed E-state index contributed by atoms with van der Waals surface area (Å²) in [7, 11) is 0. The van der Waals surface area contributed by atoms with Gasteiger partial charge in [0.2, 0.25) is 0 Å². The first-order chi connectivity index (χ1) is 8.72. The SMILES string of the molecule is CCCCCCC[C-]=O.[CH2-]C(=O)c1ccccc1.[Zn+2]. The van der Waals surface area contributed by atoms with Crippen LogP contribution in [-0.2, 0) is 24.3 Å². The summed E-state index contributed by atoms with van der Waals surface area (Å²) in [6.07, 6.45) is 8.60. The van der Waals surface area contributed by atoms with Crippen LogP contribution in [0.15, 0.2) is 30.3 Å². The van der Waals surface area contributed by atoms with Crippen molar-refractivity contribution in [2.45, 2.75) is 45.4 Å². The average molecular weight is 312 g/mol. The van der Waals surface area contributed by atoms with Gasteiger partial charge in [-0.1, -0.05) is 57.2 Å². The van der Waals surface area contributed by atoms with E-state index in [4.69, 9.17) is 0 Å². The summed E-state index contributed by atoms with van der Waals surface area (Å²) in [6, 6.07) is 8.99. The molecule has 0 saturated heterocycles. The Labute approximate surface area is 129 Å². The molecule has 0 amide bonds. The number of rotatable bonds is 7. The van der Waals surface area contributed by atoms with Gasteiger partial charge in [0.15, 0.2) is 0 Å². The van der Waals surface area contributed by atoms with Crippen molar-refractivity contribution in [1.82, 2.24) is 0 Å². The first-order valence-electron chi connectivity index (χ1n) is 6.48. The van der Waals surface area contributed by atoms with E-state index in [0.717, 1.165) is 6.42 Å². The van der Waals surface area contributed by atoms with Gasteiger partial charge in [0, 0.05) is 5.78 Å². The van der Waals surface area contributed by atoms with E-state index in [9.17, 15) is 9.59 Å². The molecule has 0 aliphatic rings. The average Bonchev–Trinajstić information content (AvgIpc) is 2.40. The van der Waals surface area contributed by atoms with E-state index in [1.54, 1.807) is 12.1 Å². The number of unbranched alkanes of at least 4 members (excludes halogenated alkanes) is 5. The first-order valence-corrected chi connectivity index (χ1v) is 6.48. The van der Waals surface area contributed by atoms with Crippen molar-refractivity contribution in [3.05, 3.63) is 42.8 Å². The van der Waals surface area contributed by atoms with Crippen LogP contribution in [0.1, 0.15) is 55.8 Å². The molecule has 0 radical (unpaired) electrons. The van der Waals surface area contributed by atoms with Gasteiger partial charge in [0.25, 0.3) is 0 Å². The minimum Gasteiger partial charge on any atom is -0.542 e. The Kier molecular flexibility index (Phi) is 16.2. The normalized spacial score (nSPS) is 8.68. The zero-order valence-electron chi connectivity index (χ0n) is 11.9. The van der Waals surface area contributed by atoms with Crippen molar-refractivity contribution in [1.29, 1.82) is 0 Å². The number of benzene rings is 1. The number of ketones is 1. The minimum absolute atomic E-state index is 0. The Hall–Kier alpha value is -0.947. The van der Waals surface area contributed by atoms with E-state index in [-0.39, 0.29) is 25.3 Å². The third-order valence-corrected chi connectivity index (χ3v) is 2.48. The van der Waals surface area contributed by atoms with Crippen molar-refractivity contribution in [2.75, 3.05) is 0 Å².